The zero-order valence-electron chi connectivity index (χ0n) is 12.5. The summed E-state index contributed by atoms with van der Waals surface area (Å²) in [6.45, 7) is 7.46. The van der Waals surface area contributed by atoms with Gasteiger partial charge in [-0.15, -0.1) is 0 Å². The van der Waals surface area contributed by atoms with Gasteiger partial charge in [0.05, 0.1) is 6.54 Å². The van der Waals surface area contributed by atoms with E-state index < -0.39 is 5.97 Å². The van der Waals surface area contributed by atoms with Crippen LogP contribution in [0.4, 0.5) is 0 Å². The number of rotatable bonds is 12. The molecule has 0 aliphatic rings. The summed E-state index contributed by atoms with van der Waals surface area (Å²) in [5, 5.41) is 8.81. The van der Waals surface area contributed by atoms with Crippen molar-refractivity contribution >= 4 is 5.97 Å². The van der Waals surface area contributed by atoms with Crippen molar-refractivity contribution in [3.8, 4) is 0 Å². The van der Waals surface area contributed by atoms with Gasteiger partial charge in [-0.05, 0) is 26.8 Å². The highest BCUT2D eigenvalue weighted by atomic mass is 16.4. The van der Waals surface area contributed by atoms with Crippen LogP contribution < -0.4 is 0 Å². The number of carbonyl (C=O) groups is 1. The second-order valence-corrected chi connectivity index (χ2v) is 5.43. The molecule has 0 aromatic heterocycles. The minimum Gasteiger partial charge on any atom is -0.480 e. The Hall–Kier alpha value is -0.570. The van der Waals surface area contributed by atoms with Crippen LogP contribution in [0.2, 0.25) is 0 Å². The summed E-state index contributed by atoms with van der Waals surface area (Å²) in [6.07, 6.45) is 10.4. The summed E-state index contributed by atoms with van der Waals surface area (Å²) in [7, 11) is 0. The van der Waals surface area contributed by atoms with Crippen LogP contribution in [0.25, 0.3) is 0 Å². The van der Waals surface area contributed by atoms with Crippen molar-refractivity contribution in [1.29, 1.82) is 0 Å². The van der Waals surface area contributed by atoms with E-state index in [1.165, 1.54) is 44.9 Å². The normalized spacial score (nSPS) is 11.4. The highest BCUT2D eigenvalue weighted by Gasteiger charge is 2.12. The van der Waals surface area contributed by atoms with Crippen molar-refractivity contribution < 1.29 is 9.90 Å². The highest BCUT2D eigenvalue weighted by molar-refractivity contribution is 5.69. The molecule has 0 atom stereocenters. The molecule has 0 spiro atoms. The van der Waals surface area contributed by atoms with Crippen molar-refractivity contribution in [2.45, 2.75) is 78.2 Å². The summed E-state index contributed by atoms with van der Waals surface area (Å²) >= 11 is 0. The fraction of sp³-hybridized carbons (Fsp3) is 0.933. The van der Waals surface area contributed by atoms with Gasteiger partial charge in [-0.3, -0.25) is 9.69 Å². The fourth-order valence-electron chi connectivity index (χ4n) is 2.14. The number of nitrogens with zero attached hydrogens (tertiary/aromatic N) is 1. The van der Waals surface area contributed by atoms with Gasteiger partial charge in [-0.1, -0.05) is 51.9 Å². The lowest BCUT2D eigenvalue weighted by Gasteiger charge is -2.24. The zero-order chi connectivity index (χ0) is 13.8. The third-order valence-corrected chi connectivity index (χ3v) is 3.37. The van der Waals surface area contributed by atoms with Crippen LogP contribution in [0.15, 0.2) is 0 Å². The van der Waals surface area contributed by atoms with Gasteiger partial charge in [-0.2, -0.15) is 0 Å². The molecule has 3 nitrogen and oxygen atoms in total. The smallest absolute Gasteiger partial charge is 0.317 e. The van der Waals surface area contributed by atoms with Crippen molar-refractivity contribution in [2.24, 2.45) is 0 Å². The van der Waals surface area contributed by atoms with Crippen LogP contribution in [-0.4, -0.2) is 35.1 Å². The maximum Gasteiger partial charge on any atom is 0.317 e. The Kier molecular flexibility index (Phi) is 11.2. The monoisotopic (exact) mass is 257 g/mol. The number of aliphatic carboxylic acids is 1. The Morgan fingerprint density at radius 1 is 1.00 bits per heavy atom. The molecule has 0 amide bonds. The van der Waals surface area contributed by atoms with Crippen LogP contribution in [0.5, 0.6) is 0 Å². The Labute approximate surface area is 113 Å². The number of carboxylic acids is 1. The molecule has 0 unspecified atom stereocenters. The largest absolute Gasteiger partial charge is 0.480 e. The molecule has 18 heavy (non-hydrogen) atoms. The van der Waals surface area contributed by atoms with Crippen LogP contribution in [0, 0.1) is 0 Å². The molecule has 0 rings (SSSR count). The van der Waals surface area contributed by atoms with E-state index in [2.05, 4.69) is 20.8 Å². The van der Waals surface area contributed by atoms with Gasteiger partial charge in [0.1, 0.15) is 0 Å². The third-order valence-electron chi connectivity index (χ3n) is 3.37. The van der Waals surface area contributed by atoms with Crippen LogP contribution in [-0.2, 0) is 4.79 Å². The molecule has 0 fully saturated rings. The number of hydrogen-bond donors (Lipinski definition) is 1. The first-order valence-corrected chi connectivity index (χ1v) is 7.53. The molecular formula is C15H31NO2. The van der Waals surface area contributed by atoms with E-state index in [1.54, 1.807) is 0 Å². The molecule has 1 N–H and O–H groups in total. The lowest BCUT2D eigenvalue weighted by Crippen LogP contribution is -2.36. The molecule has 3 heteroatoms. The van der Waals surface area contributed by atoms with Gasteiger partial charge in [0.25, 0.3) is 0 Å². The Morgan fingerprint density at radius 2 is 1.50 bits per heavy atom. The molecule has 0 saturated carbocycles. The number of hydrogen-bond acceptors (Lipinski definition) is 2. The van der Waals surface area contributed by atoms with Crippen molar-refractivity contribution in [2.75, 3.05) is 13.1 Å². The van der Waals surface area contributed by atoms with Crippen molar-refractivity contribution in [3.63, 3.8) is 0 Å². The van der Waals surface area contributed by atoms with E-state index in [4.69, 9.17) is 5.11 Å². The Balaban J connectivity index is 3.46. The van der Waals surface area contributed by atoms with E-state index in [0.717, 1.165) is 13.0 Å². The van der Waals surface area contributed by atoms with Gasteiger partial charge in [0.2, 0.25) is 0 Å². The topological polar surface area (TPSA) is 40.5 Å². The van der Waals surface area contributed by atoms with Gasteiger partial charge >= 0.3 is 5.97 Å². The molecule has 0 heterocycles. The van der Waals surface area contributed by atoms with E-state index in [9.17, 15) is 4.79 Å². The predicted octanol–water partition coefficient (Wildman–Crippen LogP) is 3.92. The highest BCUT2D eigenvalue weighted by Crippen LogP contribution is 2.09. The molecule has 0 radical (unpaired) electrons. The second-order valence-electron chi connectivity index (χ2n) is 5.43. The first-order chi connectivity index (χ1) is 8.57. The standard InChI is InChI=1S/C15H31NO2/c1-4-5-6-7-8-9-10-11-12-16(14(2)3)13-15(17)18/h14H,4-13H2,1-3H3,(H,17,18). The van der Waals surface area contributed by atoms with Gasteiger partial charge < -0.3 is 5.11 Å². The Morgan fingerprint density at radius 3 is 1.94 bits per heavy atom. The van der Waals surface area contributed by atoms with Crippen LogP contribution in [0.1, 0.15) is 72.1 Å². The van der Waals surface area contributed by atoms with Gasteiger partial charge in [-0.25, -0.2) is 0 Å². The molecule has 0 aromatic rings. The van der Waals surface area contributed by atoms with E-state index >= 15 is 0 Å². The SMILES string of the molecule is CCCCCCCCCCN(CC(=O)O)C(C)C. The molecule has 0 aliphatic carbocycles. The maximum absolute atomic E-state index is 10.7. The predicted molar refractivity (Wildman–Crippen MR) is 77.0 cm³/mol. The van der Waals surface area contributed by atoms with E-state index in [0.29, 0.717) is 6.04 Å². The Bertz CT molecular complexity index is 205. The van der Waals surface area contributed by atoms with Crippen LogP contribution in [0.3, 0.4) is 0 Å². The van der Waals surface area contributed by atoms with Gasteiger partial charge in [0, 0.05) is 6.04 Å². The quantitative estimate of drug-likeness (QED) is 0.539. The van der Waals surface area contributed by atoms with E-state index in [1.807, 2.05) is 4.90 Å². The molecule has 0 bridgehead atoms. The first kappa shape index (κ1) is 17.4. The zero-order valence-corrected chi connectivity index (χ0v) is 12.5. The summed E-state index contributed by atoms with van der Waals surface area (Å²) < 4.78 is 0. The fourth-order valence-corrected chi connectivity index (χ4v) is 2.14. The summed E-state index contributed by atoms with van der Waals surface area (Å²) in [5.74, 6) is -0.719. The summed E-state index contributed by atoms with van der Waals surface area (Å²) in [5.41, 5.74) is 0. The second kappa shape index (κ2) is 11.5. The lowest BCUT2D eigenvalue weighted by atomic mass is 10.1. The molecule has 0 saturated heterocycles. The first-order valence-electron chi connectivity index (χ1n) is 7.53. The number of carboxylic acid groups (broad SMARTS) is 1. The van der Waals surface area contributed by atoms with Crippen LogP contribution >= 0.6 is 0 Å². The molecule has 0 aliphatic heterocycles. The van der Waals surface area contributed by atoms with E-state index in [-0.39, 0.29) is 6.54 Å². The number of unbranched alkanes of at least 4 members (excludes halogenated alkanes) is 7. The molecule has 0 aromatic carbocycles. The van der Waals surface area contributed by atoms with Gasteiger partial charge in [0.15, 0.2) is 0 Å². The maximum atomic E-state index is 10.7. The molecule has 108 valence electrons. The average Bonchev–Trinajstić information content (AvgIpc) is 2.30. The average molecular weight is 257 g/mol. The van der Waals surface area contributed by atoms with Crippen molar-refractivity contribution in [3.05, 3.63) is 0 Å². The summed E-state index contributed by atoms with van der Waals surface area (Å²) in [4.78, 5) is 12.7. The lowest BCUT2D eigenvalue weighted by molar-refractivity contribution is -0.138. The minimum atomic E-state index is -0.719. The third kappa shape index (κ3) is 10.6. The minimum absolute atomic E-state index is 0.175. The van der Waals surface area contributed by atoms with Crippen molar-refractivity contribution in [1.82, 2.24) is 4.90 Å². The molecular weight excluding hydrogens is 226 g/mol. The summed E-state index contributed by atoms with van der Waals surface area (Å²) in [6, 6.07) is 0.325.